The number of unbranched alkanes of at least 4 members (excludes halogenated alkanes) is 21. The Morgan fingerprint density at radius 1 is 0.447 bits per heavy atom. The molecule has 2 nitrogen and oxygen atoms in total. The molecule has 0 spiro atoms. The van der Waals surface area contributed by atoms with Crippen LogP contribution >= 0.6 is 0 Å². The summed E-state index contributed by atoms with van der Waals surface area (Å²) in [5.41, 5.74) is 0. The number of rotatable bonds is 32. The molecule has 0 unspecified atom stereocenters. The number of aliphatic hydroxyl groups excluding tert-OH is 1. The van der Waals surface area contributed by atoms with E-state index in [2.05, 4.69) is 43.5 Å². The zero-order valence-corrected chi connectivity index (χ0v) is 26.3. The summed E-state index contributed by atoms with van der Waals surface area (Å²) >= 11 is 0. The van der Waals surface area contributed by atoms with Gasteiger partial charge in [-0.25, -0.2) is 0 Å². The average molecular weight is 534 g/mol. The van der Waals surface area contributed by atoms with Crippen molar-refractivity contribution in [1.82, 2.24) is 5.32 Å². The fraction of sp³-hybridized carbons (Fsp3) is 0.889. The molecular weight excluding hydrogens is 462 g/mol. The van der Waals surface area contributed by atoms with E-state index in [1.807, 2.05) is 0 Å². The Kier molecular flexibility index (Phi) is 33.9. The minimum atomic E-state index is -0.126. The van der Waals surface area contributed by atoms with Gasteiger partial charge in [0.2, 0.25) is 0 Å². The molecule has 0 rings (SSSR count). The van der Waals surface area contributed by atoms with Gasteiger partial charge in [0.15, 0.2) is 0 Å². The first kappa shape index (κ1) is 37.4. The van der Waals surface area contributed by atoms with Crippen LogP contribution in [0.25, 0.3) is 0 Å². The van der Waals surface area contributed by atoms with Gasteiger partial charge < -0.3 is 10.4 Å². The van der Waals surface area contributed by atoms with E-state index < -0.39 is 0 Å². The molecule has 0 amide bonds. The molecule has 0 saturated carbocycles. The summed E-state index contributed by atoms with van der Waals surface area (Å²) in [7, 11) is 0. The largest absolute Gasteiger partial charge is 0.393 e. The highest BCUT2D eigenvalue weighted by Gasteiger charge is 2.00. The van der Waals surface area contributed by atoms with Crippen LogP contribution in [-0.4, -0.2) is 24.3 Å². The second-order valence-electron chi connectivity index (χ2n) is 11.8. The molecule has 0 heterocycles. The van der Waals surface area contributed by atoms with Crippen LogP contribution in [-0.2, 0) is 0 Å². The van der Waals surface area contributed by atoms with Crippen molar-refractivity contribution in [3.05, 3.63) is 24.3 Å². The maximum atomic E-state index is 9.99. The minimum absolute atomic E-state index is 0.126. The lowest BCUT2D eigenvalue weighted by atomic mass is 10.1. The SMILES string of the molecule is CCCCCCCC/C=C\CCCCCCCCNCCCCCCCC/C=C\C[C@H](O)CCCCCC. The van der Waals surface area contributed by atoms with Crippen LogP contribution in [0.5, 0.6) is 0 Å². The van der Waals surface area contributed by atoms with Crippen LogP contribution in [0.4, 0.5) is 0 Å². The Labute approximate surface area is 240 Å². The molecule has 2 heteroatoms. The van der Waals surface area contributed by atoms with Crippen molar-refractivity contribution in [2.75, 3.05) is 13.1 Å². The number of allylic oxidation sites excluding steroid dienone is 3. The van der Waals surface area contributed by atoms with E-state index in [4.69, 9.17) is 0 Å². The maximum Gasteiger partial charge on any atom is 0.0574 e. The summed E-state index contributed by atoms with van der Waals surface area (Å²) < 4.78 is 0. The highest BCUT2D eigenvalue weighted by atomic mass is 16.3. The Hall–Kier alpha value is -0.600. The Morgan fingerprint density at radius 3 is 1.29 bits per heavy atom. The molecule has 0 aliphatic rings. The van der Waals surface area contributed by atoms with Gasteiger partial charge in [0.1, 0.15) is 0 Å². The van der Waals surface area contributed by atoms with E-state index in [0.717, 1.165) is 12.8 Å². The lowest BCUT2D eigenvalue weighted by molar-refractivity contribution is 0.163. The lowest BCUT2D eigenvalue weighted by Crippen LogP contribution is -2.16. The molecule has 0 aliphatic heterocycles. The zero-order valence-electron chi connectivity index (χ0n) is 26.3. The van der Waals surface area contributed by atoms with Crippen molar-refractivity contribution >= 4 is 0 Å². The minimum Gasteiger partial charge on any atom is -0.393 e. The molecule has 0 saturated heterocycles. The predicted molar refractivity (Wildman–Crippen MR) is 173 cm³/mol. The summed E-state index contributed by atoms with van der Waals surface area (Å²) in [5.74, 6) is 0. The number of hydrogen-bond acceptors (Lipinski definition) is 2. The van der Waals surface area contributed by atoms with Crippen molar-refractivity contribution in [3.8, 4) is 0 Å². The third kappa shape index (κ3) is 33.4. The van der Waals surface area contributed by atoms with Crippen LogP contribution < -0.4 is 5.32 Å². The van der Waals surface area contributed by atoms with E-state index >= 15 is 0 Å². The van der Waals surface area contributed by atoms with Gasteiger partial charge in [-0.3, -0.25) is 0 Å². The van der Waals surface area contributed by atoms with Gasteiger partial charge in [-0.1, -0.05) is 147 Å². The van der Waals surface area contributed by atoms with E-state index in [1.54, 1.807) is 0 Å². The molecule has 0 bridgehead atoms. The molecular formula is C36H71NO. The van der Waals surface area contributed by atoms with Crippen LogP contribution in [0.1, 0.15) is 187 Å². The predicted octanol–water partition coefficient (Wildman–Crippen LogP) is 11.6. The van der Waals surface area contributed by atoms with Gasteiger partial charge in [-0.15, -0.1) is 0 Å². The third-order valence-electron chi connectivity index (χ3n) is 7.81. The van der Waals surface area contributed by atoms with Crippen LogP contribution in [0, 0.1) is 0 Å². The van der Waals surface area contributed by atoms with Gasteiger partial charge in [-0.05, 0) is 77.3 Å². The number of nitrogens with one attached hydrogen (secondary N) is 1. The van der Waals surface area contributed by atoms with Crippen molar-refractivity contribution < 1.29 is 5.11 Å². The molecule has 226 valence electrons. The number of aliphatic hydroxyl groups is 1. The van der Waals surface area contributed by atoms with Gasteiger partial charge >= 0.3 is 0 Å². The fourth-order valence-corrected chi connectivity index (χ4v) is 5.14. The van der Waals surface area contributed by atoms with Gasteiger partial charge in [0.25, 0.3) is 0 Å². The topological polar surface area (TPSA) is 32.3 Å². The standard InChI is InChI=1S/C36H71NO/c1-3-5-7-9-10-11-12-13-14-15-16-17-20-23-26-30-34-37-35-31-27-24-21-18-19-22-25-29-33-36(38)32-28-8-6-4-2/h13-14,25,29,36-38H,3-12,15-24,26-28,30-35H2,1-2H3/b14-13-,29-25-/t36-/m1/s1. The van der Waals surface area contributed by atoms with Gasteiger partial charge in [0.05, 0.1) is 6.10 Å². The third-order valence-corrected chi connectivity index (χ3v) is 7.81. The van der Waals surface area contributed by atoms with Crippen LogP contribution in [0.2, 0.25) is 0 Å². The molecule has 0 aromatic carbocycles. The second kappa shape index (κ2) is 34.4. The van der Waals surface area contributed by atoms with Crippen LogP contribution in [0.3, 0.4) is 0 Å². The molecule has 0 aromatic heterocycles. The molecule has 0 radical (unpaired) electrons. The Morgan fingerprint density at radius 2 is 0.816 bits per heavy atom. The van der Waals surface area contributed by atoms with E-state index in [1.165, 1.54) is 174 Å². The molecule has 2 N–H and O–H groups in total. The fourth-order valence-electron chi connectivity index (χ4n) is 5.14. The first-order valence-electron chi connectivity index (χ1n) is 17.5. The first-order chi connectivity index (χ1) is 18.8. The maximum absolute atomic E-state index is 9.99. The van der Waals surface area contributed by atoms with Gasteiger partial charge in [0, 0.05) is 0 Å². The first-order valence-corrected chi connectivity index (χ1v) is 17.5. The molecule has 1 atom stereocenters. The van der Waals surface area contributed by atoms with Crippen molar-refractivity contribution in [3.63, 3.8) is 0 Å². The summed E-state index contributed by atoms with van der Waals surface area (Å²) in [5, 5.41) is 13.6. The smallest absolute Gasteiger partial charge is 0.0574 e. The number of hydrogen-bond donors (Lipinski definition) is 2. The Bertz CT molecular complexity index is 472. The van der Waals surface area contributed by atoms with Crippen molar-refractivity contribution in [1.29, 1.82) is 0 Å². The monoisotopic (exact) mass is 534 g/mol. The molecule has 0 fully saturated rings. The van der Waals surface area contributed by atoms with Gasteiger partial charge in [-0.2, -0.15) is 0 Å². The summed E-state index contributed by atoms with van der Waals surface area (Å²) in [6.45, 7) is 6.94. The molecule has 0 aliphatic carbocycles. The summed E-state index contributed by atoms with van der Waals surface area (Å²) in [4.78, 5) is 0. The molecule has 0 aromatic rings. The average Bonchev–Trinajstić information content (AvgIpc) is 2.92. The quantitative estimate of drug-likeness (QED) is 0.0665. The molecule has 38 heavy (non-hydrogen) atoms. The van der Waals surface area contributed by atoms with E-state index in [9.17, 15) is 5.11 Å². The van der Waals surface area contributed by atoms with Crippen molar-refractivity contribution in [2.24, 2.45) is 0 Å². The summed E-state index contributed by atoms with van der Waals surface area (Å²) in [6.07, 6.45) is 44.8. The Balaban J connectivity index is 3.16. The van der Waals surface area contributed by atoms with E-state index in [0.29, 0.717) is 0 Å². The van der Waals surface area contributed by atoms with E-state index in [-0.39, 0.29) is 6.10 Å². The zero-order chi connectivity index (χ0) is 27.6. The lowest BCUT2D eigenvalue weighted by Gasteiger charge is -2.07. The van der Waals surface area contributed by atoms with Crippen LogP contribution in [0.15, 0.2) is 24.3 Å². The van der Waals surface area contributed by atoms with Crippen molar-refractivity contribution in [2.45, 2.75) is 193 Å². The second-order valence-corrected chi connectivity index (χ2v) is 11.8. The highest BCUT2D eigenvalue weighted by molar-refractivity contribution is 4.84. The normalized spacial score (nSPS) is 12.8. The summed E-state index contributed by atoms with van der Waals surface area (Å²) in [6, 6.07) is 0. The highest BCUT2D eigenvalue weighted by Crippen LogP contribution is 2.12.